The molecule has 0 saturated carbocycles. The van der Waals surface area contributed by atoms with E-state index in [1.54, 1.807) is 49.8 Å². The summed E-state index contributed by atoms with van der Waals surface area (Å²) in [5.74, 6) is -8.39. The number of ether oxygens (including phenoxy) is 2. The van der Waals surface area contributed by atoms with Crippen LogP contribution in [-0.2, 0) is 17.7 Å². The lowest BCUT2D eigenvalue weighted by Crippen LogP contribution is -2.19. The average Bonchev–Trinajstić information content (AvgIpc) is 3.18. The minimum Gasteiger partial charge on any atom is -0.501 e. The molecule has 2 aliphatic carbocycles. The molecule has 0 radical (unpaired) electrons. The van der Waals surface area contributed by atoms with Crippen LogP contribution in [0.3, 0.4) is 0 Å². The number of rotatable bonds is 9. The van der Waals surface area contributed by atoms with E-state index < -0.39 is 29.2 Å². The van der Waals surface area contributed by atoms with Crippen LogP contribution in [0.25, 0.3) is 16.6 Å². The number of ketones is 1. The Morgan fingerprint density at radius 2 is 1.89 bits per heavy atom. The molecule has 1 atom stereocenters. The van der Waals surface area contributed by atoms with Crippen molar-refractivity contribution in [3.8, 4) is 5.75 Å². The summed E-state index contributed by atoms with van der Waals surface area (Å²) in [5.41, 5.74) is 1.64. The van der Waals surface area contributed by atoms with E-state index in [4.69, 9.17) is 9.47 Å². The van der Waals surface area contributed by atoms with Crippen LogP contribution in [0.1, 0.15) is 54.0 Å². The fourth-order valence-corrected chi connectivity index (χ4v) is 5.91. The zero-order valence-electron chi connectivity index (χ0n) is 26.1. The number of Topliss-reactive ketones (excluding diaryl/α,β-unsaturated/α-hetero) is 1. The van der Waals surface area contributed by atoms with Crippen molar-refractivity contribution >= 4 is 22.4 Å². The summed E-state index contributed by atoms with van der Waals surface area (Å²) < 4.78 is 87.2. The van der Waals surface area contributed by atoms with E-state index in [-0.39, 0.29) is 45.9 Å². The van der Waals surface area contributed by atoms with Crippen molar-refractivity contribution < 1.29 is 36.2 Å². The summed E-state index contributed by atoms with van der Waals surface area (Å²) in [6.45, 7) is 8.73. The van der Waals surface area contributed by atoms with Gasteiger partial charge in [0.2, 0.25) is 0 Å². The first-order chi connectivity index (χ1) is 21.8. The Balaban J connectivity index is 1.81. The highest BCUT2D eigenvalue weighted by Gasteiger charge is 2.40. The van der Waals surface area contributed by atoms with Gasteiger partial charge in [-0.1, -0.05) is 24.8 Å². The number of allylic oxidation sites excluding steroid dienone is 10. The average molecular weight is 637 g/mol. The van der Waals surface area contributed by atoms with Gasteiger partial charge in [-0.3, -0.25) is 4.79 Å². The van der Waals surface area contributed by atoms with Gasteiger partial charge >= 0.3 is 0 Å². The number of hydrogen-bond donors (Lipinski definition) is 0. The molecule has 1 heterocycles. The Bertz CT molecular complexity index is 1900. The number of hydrogen-bond acceptors (Lipinski definition) is 4. The van der Waals surface area contributed by atoms with E-state index in [1.807, 2.05) is 6.08 Å². The first kappa shape index (κ1) is 32.7. The molecule has 10 heteroatoms. The maximum atomic E-state index is 16.2. The Hall–Kier alpha value is -4.73. The van der Waals surface area contributed by atoms with Gasteiger partial charge in [-0.25, -0.2) is 18.2 Å². The van der Waals surface area contributed by atoms with Gasteiger partial charge in [0, 0.05) is 35.2 Å². The van der Waals surface area contributed by atoms with Gasteiger partial charge in [-0.15, -0.1) is 0 Å². The van der Waals surface area contributed by atoms with Crippen LogP contribution in [0, 0.1) is 30.3 Å². The molecular weight excluding hydrogens is 603 g/mol. The number of halogens is 5. The molecule has 0 fully saturated rings. The standard InChI is InChI=1S/C36H33F5N2O3/c1-7-46-14-13-22-15-23(34(44)24-16-27(37)32(39)28(38)17-24)12-11-21-9-8-10-25(30(21)22)31-26(36(40,41)19(2)3)18-29-33(35(31)45-6)42-20(4)43(29)5/h8-10,13-18,21H,2,7,11-12H2,1,3-6H3/b14-13+. The highest BCUT2D eigenvalue weighted by Crippen LogP contribution is 2.51. The van der Waals surface area contributed by atoms with Crippen LogP contribution in [-0.4, -0.2) is 29.1 Å². The van der Waals surface area contributed by atoms with Gasteiger partial charge in [0.15, 0.2) is 29.0 Å². The number of nitrogens with zero attached hydrogens (tertiary/aromatic N) is 2. The number of carbonyl (C=O) groups is 1. The van der Waals surface area contributed by atoms with E-state index in [0.29, 0.717) is 58.7 Å². The molecule has 240 valence electrons. The molecule has 46 heavy (non-hydrogen) atoms. The highest BCUT2D eigenvalue weighted by molar-refractivity contribution is 6.09. The molecule has 0 saturated heterocycles. The molecule has 3 aromatic rings. The predicted octanol–water partition coefficient (Wildman–Crippen LogP) is 8.99. The molecular formula is C36H33F5N2O3. The molecule has 0 bridgehead atoms. The summed E-state index contributed by atoms with van der Waals surface area (Å²) in [4.78, 5) is 18.2. The van der Waals surface area contributed by atoms with Gasteiger partial charge in [-0.05, 0) is 86.3 Å². The maximum absolute atomic E-state index is 16.2. The summed E-state index contributed by atoms with van der Waals surface area (Å²) in [6, 6.07) is 2.73. The van der Waals surface area contributed by atoms with E-state index in [9.17, 15) is 18.0 Å². The molecule has 0 amide bonds. The van der Waals surface area contributed by atoms with Crippen LogP contribution in [0.2, 0.25) is 0 Å². The number of methoxy groups -OCH3 is 1. The number of alkyl halides is 2. The van der Waals surface area contributed by atoms with Crippen LogP contribution < -0.4 is 4.74 Å². The van der Waals surface area contributed by atoms with Crippen molar-refractivity contribution in [2.24, 2.45) is 13.0 Å². The van der Waals surface area contributed by atoms with E-state index >= 15 is 8.78 Å². The Morgan fingerprint density at radius 1 is 1.20 bits per heavy atom. The molecule has 2 aromatic carbocycles. The third kappa shape index (κ3) is 5.61. The van der Waals surface area contributed by atoms with Crippen LogP contribution in [0.4, 0.5) is 22.0 Å². The van der Waals surface area contributed by atoms with Gasteiger partial charge in [-0.2, -0.15) is 8.78 Å². The van der Waals surface area contributed by atoms with Gasteiger partial charge in [0.05, 0.1) is 25.5 Å². The number of aryl methyl sites for hydroxylation is 2. The normalized spacial score (nSPS) is 16.8. The third-order valence-corrected chi connectivity index (χ3v) is 8.38. The predicted molar refractivity (Wildman–Crippen MR) is 167 cm³/mol. The second-order valence-corrected chi connectivity index (χ2v) is 11.3. The van der Waals surface area contributed by atoms with Crippen molar-refractivity contribution in [2.45, 2.75) is 39.5 Å². The summed E-state index contributed by atoms with van der Waals surface area (Å²) in [5, 5.41) is 0. The van der Waals surface area contributed by atoms with Gasteiger partial charge < -0.3 is 14.0 Å². The number of fused-ring (bicyclic) bond motifs is 2. The molecule has 5 nitrogen and oxygen atoms in total. The Kier molecular flexibility index (Phi) is 8.93. The zero-order chi connectivity index (χ0) is 33.5. The Labute approximate surface area is 263 Å². The fraction of sp³-hybridized carbons (Fsp3) is 0.278. The van der Waals surface area contributed by atoms with E-state index in [0.717, 1.165) is 0 Å². The number of imidazole rings is 1. The monoisotopic (exact) mass is 636 g/mol. The highest BCUT2D eigenvalue weighted by atomic mass is 19.3. The second-order valence-electron chi connectivity index (χ2n) is 11.3. The summed E-state index contributed by atoms with van der Waals surface area (Å²) >= 11 is 0. The zero-order valence-corrected chi connectivity index (χ0v) is 26.1. The lowest BCUT2D eigenvalue weighted by molar-refractivity contribution is 0.0382. The van der Waals surface area contributed by atoms with Crippen molar-refractivity contribution in [2.75, 3.05) is 13.7 Å². The van der Waals surface area contributed by atoms with Crippen LogP contribution in [0.5, 0.6) is 5.75 Å². The quantitative estimate of drug-likeness (QED) is 0.0774. The van der Waals surface area contributed by atoms with E-state index in [2.05, 4.69) is 11.6 Å². The number of carbonyl (C=O) groups excluding carboxylic acids is 1. The van der Waals surface area contributed by atoms with Gasteiger partial charge in [0.1, 0.15) is 11.3 Å². The van der Waals surface area contributed by atoms with Gasteiger partial charge in [0.25, 0.3) is 5.92 Å². The molecule has 1 aromatic heterocycles. The minimum absolute atomic E-state index is 0.124. The summed E-state index contributed by atoms with van der Waals surface area (Å²) in [7, 11) is 3.13. The van der Waals surface area contributed by atoms with Crippen molar-refractivity contribution in [1.29, 1.82) is 0 Å². The molecule has 5 rings (SSSR count). The van der Waals surface area contributed by atoms with Crippen molar-refractivity contribution in [1.82, 2.24) is 9.55 Å². The number of benzene rings is 2. The molecule has 0 N–H and O–H groups in total. The fourth-order valence-electron chi connectivity index (χ4n) is 5.91. The first-order valence-corrected chi connectivity index (χ1v) is 14.7. The van der Waals surface area contributed by atoms with Crippen LogP contribution >= 0.6 is 0 Å². The van der Waals surface area contributed by atoms with Crippen LogP contribution in [0.15, 0.2) is 83.7 Å². The second kappa shape index (κ2) is 12.6. The first-order valence-electron chi connectivity index (χ1n) is 14.7. The molecule has 2 aliphatic rings. The molecule has 0 spiro atoms. The third-order valence-electron chi connectivity index (χ3n) is 8.38. The minimum atomic E-state index is -3.47. The van der Waals surface area contributed by atoms with Crippen molar-refractivity contribution in [3.63, 3.8) is 0 Å². The SMILES string of the molecule is C=C(C)C(F)(F)c1cc2c(nc(C)n2C)c(OC)c1C1=CC=CC2CCC(C(=O)c3cc(F)c(F)c(F)c3)=CC(/C=C/OCC)=C12. The smallest absolute Gasteiger partial charge is 0.294 e. The number of aromatic nitrogens is 2. The topological polar surface area (TPSA) is 53.4 Å². The summed E-state index contributed by atoms with van der Waals surface area (Å²) in [6.07, 6.45) is 10.5. The van der Waals surface area contributed by atoms with Crippen molar-refractivity contribution in [3.05, 3.63) is 124 Å². The molecule has 0 aliphatic heterocycles. The van der Waals surface area contributed by atoms with E-state index in [1.165, 1.54) is 26.4 Å². The Morgan fingerprint density at radius 3 is 2.52 bits per heavy atom. The largest absolute Gasteiger partial charge is 0.501 e. The molecule has 1 unspecified atom stereocenters. The maximum Gasteiger partial charge on any atom is 0.294 e. The lowest BCUT2D eigenvalue weighted by Gasteiger charge is -2.29. The lowest BCUT2D eigenvalue weighted by atomic mass is 9.77.